The summed E-state index contributed by atoms with van der Waals surface area (Å²) < 4.78 is 6.06. The van der Waals surface area contributed by atoms with E-state index in [1.54, 1.807) is 7.11 Å². The van der Waals surface area contributed by atoms with E-state index in [2.05, 4.69) is 27.3 Å². The second-order valence-corrected chi connectivity index (χ2v) is 5.42. The van der Waals surface area contributed by atoms with Crippen molar-refractivity contribution in [3.63, 3.8) is 0 Å². The molecule has 18 heavy (non-hydrogen) atoms. The summed E-state index contributed by atoms with van der Waals surface area (Å²) in [5.74, 6) is -0.0759. The first kappa shape index (κ1) is 15.2. The van der Waals surface area contributed by atoms with Crippen molar-refractivity contribution in [3.8, 4) is 0 Å². The van der Waals surface area contributed by atoms with Crippen LogP contribution in [-0.4, -0.2) is 25.7 Å². The van der Waals surface area contributed by atoms with Gasteiger partial charge in [0, 0.05) is 17.6 Å². The maximum atomic E-state index is 11.8. The summed E-state index contributed by atoms with van der Waals surface area (Å²) in [4.78, 5) is 11.8. The quantitative estimate of drug-likeness (QED) is 0.877. The van der Waals surface area contributed by atoms with Gasteiger partial charge in [-0.15, -0.1) is 0 Å². The van der Waals surface area contributed by atoms with Crippen molar-refractivity contribution in [3.05, 3.63) is 34.3 Å². The van der Waals surface area contributed by atoms with Gasteiger partial charge < -0.3 is 10.1 Å². The molecule has 1 N–H and O–H groups in total. The predicted molar refractivity (Wildman–Crippen MR) is 76.5 cm³/mol. The first-order valence-corrected chi connectivity index (χ1v) is 6.86. The number of ether oxygens (including phenoxy) is 1. The molecule has 0 saturated heterocycles. The number of methoxy groups -OCH3 is 1. The summed E-state index contributed by atoms with van der Waals surface area (Å²) in [6.45, 7) is 4.33. The number of carbonyl (C=O) groups excluding carboxylic acids is 1. The zero-order valence-electron chi connectivity index (χ0n) is 11.1. The minimum atomic E-state index is -0.114. The summed E-state index contributed by atoms with van der Waals surface area (Å²) in [7, 11) is 1.61. The van der Waals surface area contributed by atoms with Crippen molar-refractivity contribution in [1.82, 2.24) is 5.32 Å². The Labute approximate surface area is 117 Å². The minimum absolute atomic E-state index is 0.0383. The molecule has 0 aliphatic heterocycles. The first-order chi connectivity index (χ1) is 8.54. The number of hydrogen-bond donors (Lipinski definition) is 1. The van der Waals surface area contributed by atoms with Gasteiger partial charge in [-0.3, -0.25) is 4.79 Å². The highest BCUT2D eigenvalue weighted by molar-refractivity contribution is 9.10. The lowest BCUT2D eigenvalue weighted by Gasteiger charge is -2.17. The second-order valence-electron chi connectivity index (χ2n) is 4.56. The average molecular weight is 314 g/mol. The number of carbonyl (C=O) groups is 1. The zero-order valence-corrected chi connectivity index (χ0v) is 12.7. The fraction of sp³-hybridized carbons (Fsp3) is 0.500. The van der Waals surface area contributed by atoms with Crippen molar-refractivity contribution < 1.29 is 9.53 Å². The number of amides is 1. The molecule has 0 spiro atoms. The monoisotopic (exact) mass is 313 g/mol. The van der Waals surface area contributed by atoms with Crippen LogP contribution in [0.5, 0.6) is 0 Å². The van der Waals surface area contributed by atoms with Gasteiger partial charge in [-0.25, -0.2) is 0 Å². The molecule has 1 rings (SSSR count). The Kier molecular flexibility index (Phi) is 6.36. The van der Waals surface area contributed by atoms with Crippen molar-refractivity contribution in [2.45, 2.75) is 26.3 Å². The van der Waals surface area contributed by atoms with E-state index in [4.69, 9.17) is 4.74 Å². The first-order valence-electron chi connectivity index (χ1n) is 6.07. The smallest absolute Gasteiger partial charge is 0.225 e. The highest BCUT2D eigenvalue weighted by atomic mass is 79.9. The van der Waals surface area contributed by atoms with Gasteiger partial charge >= 0.3 is 0 Å². The highest BCUT2D eigenvalue weighted by Crippen LogP contribution is 2.17. The zero-order chi connectivity index (χ0) is 13.5. The van der Waals surface area contributed by atoms with Crippen LogP contribution in [0.1, 0.15) is 19.4 Å². The molecular formula is C14H20BrNO2. The topological polar surface area (TPSA) is 38.3 Å². The lowest BCUT2D eigenvalue weighted by atomic mass is 10.1. The molecule has 0 heterocycles. The molecule has 1 aromatic rings. The number of benzene rings is 1. The molecule has 1 aromatic carbocycles. The Morgan fingerprint density at radius 2 is 2.06 bits per heavy atom. The van der Waals surface area contributed by atoms with Crippen LogP contribution in [0, 0.1) is 5.92 Å². The highest BCUT2D eigenvalue weighted by Gasteiger charge is 2.15. The van der Waals surface area contributed by atoms with Crippen molar-refractivity contribution in [2.75, 3.05) is 13.7 Å². The predicted octanol–water partition coefficient (Wildman–Crippen LogP) is 2.78. The van der Waals surface area contributed by atoms with Gasteiger partial charge in [0.25, 0.3) is 0 Å². The van der Waals surface area contributed by atoms with Gasteiger partial charge in [0.2, 0.25) is 5.91 Å². The Hall–Kier alpha value is -0.870. The van der Waals surface area contributed by atoms with Crippen molar-refractivity contribution >= 4 is 21.8 Å². The van der Waals surface area contributed by atoms with Crippen LogP contribution in [0.25, 0.3) is 0 Å². The summed E-state index contributed by atoms with van der Waals surface area (Å²) >= 11 is 3.51. The molecule has 100 valence electrons. The number of nitrogens with one attached hydrogen (secondary N) is 1. The number of hydrogen-bond acceptors (Lipinski definition) is 2. The van der Waals surface area contributed by atoms with Crippen LogP contribution in [0.4, 0.5) is 0 Å². The summed E-state index contributed by atoms with van der Waals surface area (Å²) in [6.07, 6.45) is 0.812. The number of halogens is 1. The second kappa shape index (κ2) is 7.54. The minimum Gasteiger partial charge on any atom is -0.384 e. The number of rotatable bonds is 6. The molecule has 0 aliphatic carbocycles. The molecule has 2 atom stereocenters. The Morgan fingerprint density at radius 3 is 2.67 bits per heavy atom. The average Bonchev–Trinajstić information content (AvgIpc) is 2.32. The van der Waals surface area contributed by atoms with E-state index in [1.165, 1.54) is 5.56 Å². The van der Waals surface area contributed by atoms with Crippen LogP contribution in [0.3, 0.4) is 0 Å². The summed E-state index contributed by atoms with van der Waals surface area (Å²) in [5, 5.41) is 3.00. The fourth-order valence-corrected chi connectivity index (χ4v) is 2.20. The van der Waals surface area contributed by atoms with E-state index in [0.717, 1.165) is 10.9 Å². The van der Waals surface area contributed by atoms with E-state index >= 15 is 0 Å². The molecule has 1 amide bonds. The van der Waals surface area contributed by atoms with E-state index < -0.39 is 0 Å². The fourth-order valence-electron chi connectivity index (χ4n) is 1.76. The standard InChI is InChI=1S/C14H20BrNO2/c1-10(9-18-3)14(17)16-11(2)8-12-6-4-5-7-13(12)15/h4-7,10-11H,8-9H2,1-3H3,(H,16,17)/t10-,11+/m1/s1. The molecule has 0 radical (unpaired) electrons. The van der Waals surface area contributed by atoms with Gasteiger partial charge in [0.1, 0.15) is 0 Å². The van der Waals surface area contributed by atoms with E-state index in [9.17, 15) is 4.79 Å². The largest absolute Gasteiger partial charge is 0.384 e. The van der Waals surface area contributed by atoms with Crippen LogP contribution < -0.4 is 5.32 Å². The molecule has 3 nitrogen and oxygen atoms in total. The molecule has 0 aliphatic rings. The third-order valence-electron chi connectivity index (χ3n) is 2.74. The summed E-state index contributed by atoms with van der Waals surface area (Å²) in [6, 6.07) is 8.16. The molecule has 4 heteroatoms. The Balaban J connectivity index is 2.49. The third kappa shape index (κ3) is 4.78. The lowest BCUT2D eigenvalue weighted by Crippen LogP contribution is -2.38. The molecule has 0 fully saturated rings. The van der Waals surface area contributed by atoms with E-state index in [0.29, 0.717) is 6.61 Å². The maximum Gasteiger partial charge on any atom is 0.225 e. The maximum absolute atomic E-state index is 11.8. The molecule has 0 saturated carbocycles. The van der Waals surface area contributed by atoms with Crippen molar-refractivity contribution in [1.29, 1.82) is 0 Å². The van der Waals surface area contributed by atoms with Crippen LogP contribution in [-0.2, 0) is 16.0 Å². The van der Waals surface area contributed by atoms with Gasteiger partial charge in [-0.2, -0.15) is 0 Å². The SMILES string of the molecule is COC[C@@H](C)C(=O)N[C@@H](C)Cc1ccccc1Br. The molecule has 0 bridgehead atoms. The normalized spacial score (nSPS) is 14.0. The van der Waals surface area contributed by atoms with Gasteiger partial charge in [-0.05, 0) is 25.0 Å². The van der Waals surface area contributed by atoms with Crippen LogP contribution in [0.2, 0.25) is 0 Å². The molecule has 0 aromatic heterocycles. The molecule has 0 unspecified atom stereocenters. The van der Waals surface area contributed by atoms with E-state index in [-0.39, 0.29) is 17.9 Å². The van der Waals surface area contributed by atoms with Crippen LogP contribution >= 0.6 is 15.9 Å². The van der Waals surface area contributed by atoms with Gasteiger partial charge in [0.15, 0.2) is 0 Å². The third-order valence-corrected chi connectivity index (χ3v) is 3.51. The molecular weight excluding hydrogens is 294 g/mol. The van der Waals surface area contributed by atoms with Gasteiger partial charge in [0.05, 0.1) is 12.5 Å². The summed E-state index contributed by atoms with van der Waals surface area (Å²) in [5.41, 5.74) is 1.20. The Bertz CT molecular complexity index is 395. The van der Waals surface area contributed by atoms with E-state index in [1.807, 2.05) is 32.0 Å². The lowest BCUT2D eigenvalue weighted by molar-refractivity contribution is -0.126. The van der Waals surface area contributed by atoms with Crippen LogP contribution in [0.15, 0.2) is 28.7 Å². The van der Waals surface area contributed by atoms with Crippen molar-refractivity contribution in [2.24, 2.45) is 5.92 Å². The Morgan fingerprint density at radius 1 is 1.39 bits per heavy atom. The van der Waals surface area contributed by atoms with Gasteiger partial charge in [-0.1, -0.05) is 41.1 Å².